The van der Waals surface area contributed by atoms with E-state index in [0.29, 0.717) is 24.0 Å². The second-order valence-electron chi connectivity index (χ2n) is 4.86. The van der Waals surface area contributed by atoms with Crippen LogP contribution in [0.1, 0.15) is 10.4 Å². The Morgan fingerprint density at radius 3 is 2.62 bits per heavy atom. The maximum atomic E-state index is 12.2. The molecule has 106 valence electrons. The molecule has 1 amide bonds. The quantitative estimate of drug-likeness (QED) is 0.772. The highest BCUT2D eigenvalue weighted by Crippen LogP contribution is 2.28. The SMILES string of the molecule is O=C(NCCn1cccc1)c1ccc2ccccc2c1O. The lowest BCUT2D eigenvalue weighted by atomic mass is 10.0. The van der Waals surface area contributed by atoms with E-state index < -0.39 is 0 Å². The second-order valence-corrected chi connectivity index (χ2v) is 4.86. The van der Waals surface area contributed by atoms with Crippen LogP contribution in [0.5, 0.6) is 5.75 Å². The first-order valence-electron chi connectivity index (χ1n) is 6.85. The van der Waals surface area contributed by atoms with Gasteiger partial charge in [0.2, 0.25) is 0 Å². The van der Waals surface area contributed by atoms with Gasteiger partial charge in [0, 0.05) is 30.9 Å². The monoisotopic (exact) mass is 280 g/mol. The minimum Gasteiger partial charge on any atom is -0.506 e. The van der Waals surface area contributed by atoms with Gasteiger partial charge in [0.05, 0.1) is 5.56 Å². The first kappa shape index (κ1) is 13.2. The third kappa shape index (κ3) is 2.74. The van der Waals surface area contributed by atoms with Crippen LogP contribution in [0.15, 0.2) is 60.9 Å². The van der Waals surface area contributed by atoms with Gasteiger partial charge in [0.25, 0.3) is 5.91 Å². The summed E-state index contributed by atoms with van der Waals surface area (Å²) in [7, 11) is 0. The topological polar surface area (TPSA) is 54.3 Å². The lowest BCUT2D eigenvalue weighted by Crippen LogP contribution is -2.27. The highest BCUT2D eigenvalue weighted by Gasteiger charge is 2.12. The number of benzene rings is 2. The van der Waals surface area contributed by atoms with Gasteiger partial charge >= 0.3 is 0 Å². The van der Waals surface area contributed by atoms with E-state index in [1.165, 1.54) is 0 Å². The van der Waals surface area contributed by atoms with Crippen LogP contribution in [0.4, 0.5) is 0 Å². The number of carbonyl (C=O) groups is 1. The van der Waals surface area contributed by atoms with E-state index >= 15 is 0 Å². The molecule has 0 fully saturated rings. The van der Waals surface area contributed by atoms with Gasteiger partial charge in [0.1, 0.15) is 5.75 Å². The molecule has 3 rings (SSSR count). The van der Waals surface area contributed by atoms with Crippen LogP contribution >= 0.6 is 0 Å². The largest absolute Gasteiger partial charge is 0.506 e. The Balaban J connectivity index is 1.74. The number of phenolic OH excluding ortho intramolecular Hbond substituents is 1. The Hall–Kier alpha value is -2.75. The van der Waals surface area contributed by atoms with Crippen molar-refractivity contribution in [3.05, 3.63) is 66.5 Å². The van der Waals surface area contributed by atoms with Gasteiger partial charge in [-0.05, 0) is 23.6 Å². The fourth-order valence-corrected chi connectivity index (χ4v) is 2.35. The van der Waals surface area contributed by atoms with E-state index in [-0.39, 0.29) is 11.7 Å². The maximum absolute atomic E-state index is 12.2. The molecule has 0 spiro atoms. The number of hydrogen-bond acceptors (Lipinski definition) is 2. The van der Waals surface area contributed by atoms with Crippen molar-refractivity contribution in [2.75, 3.05) is 6.54 Å². The van der Waals surface area contributed by atoms with Crippen molar-refractivity contribution in [2.45, 2.75) is 6.54 Å². The van der Waals surface area contributed by atoms with E-state index in [0.717, 1.165) is 5.39 Å². The van der Waals surface area contributed by atoms with Crippen LogP contribution < -0.4 is 5.32 Å². The number of rotatable bonds is 4. The molecule has 1 aromatic heterocycles. The molecule has 0 atom stereocenters. The minimum atomic E-state index is -0.259. The normalized spacial score (nSPS) is 10.7. The standard InChI is InChI=1S/C17H16N2O2/c20-16-14-6-2-1-5-13(14)7-8-15(16)17(21)18-9-12-19-10-3-4-11-19/h1-8,10-11,20H,9,12H2,(H,18,21). The molecule has 0 bridgehead atoms. The third-order valence-corrected chi connectivity index (χ3v) is 3.47. The Kier molecular flexibility index (Phi) is 3.60. The number of hydrogen-bond donors (Lipinski definition) is 2. The summed E-state index contributed by atoms with van der Waals surface area (Å²) in [5.41, 5.74) is 0.307. The molecular formula is C17H16N2O2. The summed E-state index contributed by atoms with van der Waals surface area (Å²) in [5, 5.41) is 14.7. The molecule has 0 aliphatic rings. The highest BCUT2D eigenvalue weighted by atomic mass is 16.3. The molecule has 1 heterocycles. The Morgan fingerprint density at radius 2 is 1.81 bits per heavy atom. The lowest BCUT2D eigenvalue weighted by Gasteiger charge is -2.09. The first-order chi connectivity index (χ1) is 10.3. The predicted molar refractivity (Wildman–Crippen MR) is 82.4 cm³/mol. The zero-order chi connectivity index (χ0) is 14.7. The van der Waals surface area contributed by atoms with E-state index in [4.69, 9.17) is 0 Å². The minimum absolute atomic E-state index is 0.0339. The fourth-order valence-electron chi connectivity index (χ4n) is 2.35. The first-order valence-corrected chi connectivity index (χ1v) is 6.85. The van der Waals surface area contributed by atoms with Gasteiger partial charge in [-0.2, -0.15) is 0 Å². The van der Waals surface area contributed by atoms with Gasteiger partial charge in [0.15, 0.2) is 0 Å². The summed E-state index contributed by atoms with van der Waals surface area (Å²) in [4.78, 5) is 12.2. The molecule has 21 heavy (non-hydrogen) atoms. The van der Waals surface area contributed by atoms with Crippen LogP contribution in [0.2, 0.25) is 0 Å². The van der Waals surface area contributed by atoms with Crippen molar-refractivity contribution in [1.29, 1.82) is 0 Å². The summed E-state index contributed by atoms with van der Waals surface area (Å²) in [5.74, 6) is -0.225. The highest BCUT2D eigenvalue weighted by molar-refractivity contribution is 6.03. The molecule has 0 saturated heterocycles. The molecule has 2 aromatic carbocycles. The van der Waals surface area contributed by atoms with E-state index in [9.17, 15) is 9.90 Å². The van der Waals surface area contributed by atoms with Crippen molar-refractivity contribution in [3.8, 4) is 5.75 Å². The third-order valence-electron chi connectivity index (χ3n) is 3.47. The molecule has 0 saturated carbocycles. The van der Waals surface area contributed by atoms with Crippen LogP contribution in [0.25, 0.3) is 10.8 Å². The number of aromatic hydroxyl groups is 1. The van der Waals surface area contributed by atoms with Gasteiger partial charge < -0.3 is 15.0 Å². The van der Waals surface area contributed by atoms with Crippen molar-refractivity contribution in [1.82, 2.24) is 9.88 Å². The molecule has 3 aromatic rings. The zero-order valence-corrected chi connectivity index (χ0v) is 11.5. The number of amides is 1. The average Bonchev–Trinajstić information content (AvgIpc) is 3.01. The van der Waals surface area contributed by atoms with Crippen molar-refractivity contribution in [3.63, 3.8) is 0 Å². The Bertz CT molecular complexity index is 764. The smallest absolute Gasteiger partial charge is 0.255 e. The summed E-state index contributed by atoms with van der Waals surface area (Å²) >= 11 is 0. The Morgan fingerprint density at radius 1 is 1.05 bits per heavy atom. The summed E-state index contributed by atoms with van der Waals surface area (Å²) in [6.07, 6.45) is 3.89. The maximum Gasteiger partial charge on any atom is 0.255 e. The predicted octanol–water partition coefficient (Wildman–Crippen LogP) is 2.78. The van der Waals surface area contributed by atoms with Gasteiger partial charge in [-0.25, -0.2) is 0 Å². The second kappa shape index (κ2) is 5.71. The van der Waals surface area contributed by atoms with Crippen LogP contribution in [-0.4, -0.2) is 22.1 Å². The fraction of sp³-hybridized carbons (Fsp3) is 0.118. The number of phenols is 1. The van der Waals surface area contributed by atoms with Crippen LogP contribution in [-0.2, 0) is 6.54 Å². The van der Waals surface area contributed by atoms with Gasteiger partial charge in [-0.3, -0.25) is 4.79 Å². The number of carbonyl (C=O) groups excluding carboxylic acids is 1. The van der Waals surface area contributed by atoms with E-state index in [2.05, 4.69) is 5.32 Å². The van der Waals surface area contributed by atoms with Crippen molar-refractivity contribution < 1.29 is 9.90 Å². The summed E-state index contributed by atoms with van der Waals surface area (Å²) in [6.45, 7) is 1.22. The molecule has 4 nitrogen and oxygen atoms in total. The van der Waals surface area contributed by atoms with Crippen molar-refractivity contribution >= 4 is 16.7 Å². The zero-order valence-electron chi connectivity index (χ0n) is 11.5. The van der Waals surface area contributed by atoms with E-state index in [1.54, 1.807) is 12.1 Å². The van der Waals surface area contributed by atoms with Crippen LogP contribution in [0, 0.1) is 0 Å². The average molecular weight is 280 g/mol. The van der Waals surface area contributed by atoms with E-state index in [1.807, 2.05) is 53.4 Å². The van der Waals surface area contributed by atoms with Gasteiger partial charge in [-0.15, -0.1) is 0 Å². The van der Waals surface area contributed by atoms with Gasteiger partial charge in [-0.1, -0.05) is 30.3 Å². The van der Waals surface area contributed by atoms with Crippen molar-refractivity contribution in [2.24, 2.45) is 0 Å². The molecule has 0 aliphatic carbocycles. The molecule has 2 N–H and O–H groups in total. The molecular weight excluding hydrogens is 264 g/mol. The number of fused-ring (bicyclic) bond motifs is 1. The number of nitrogens with one attached hydrogen (secondary N) is 1. The lowest BCUT2D eigenvalue weighted by molar-refractivity contribution is 0.0950. The van der Waals surface area contributed by atoms with Crippen LogP contribution in [0.3, 0.4) is 0 Å². The molecule has 0 aliphatic heterocycles. The number of aromatic nitrogens is 1. The molecule has 4 heteroatoms. The summed E-state index contributed by atoms with van der Waals surface area (Å²) in [6, 6.07) is 14.8. The Labute approximate surface area is 122 Å². The number of nitrogens with zero attached hydrogens (tertiary/aromatic N) is 1. The molecule has 0 radical (unpaired) electrons. The molecule has 0 unspecified atom stereocenters. The summed E-state index contributed by atoms with van der Waals surface area (Å²) < 4.78 is 1.99.